The number of hydrogen-bond donors (Lipinski definition) is 2. The van der Waals surface area contributed by atoms with Gasteiger partial charge in [-0.15, -0.1) is 0 Å². The van der Waals surface area contributed by atoms with Gasteiger partial charge in [0.25, 0.3) is 5.91 Å². The molecule has 2 N–H and O–H groups in total. The van der Waals surface area contributed by atoms with Crippen molar-refractivity contribution in [2.45, 2.75) is 0 Å². The maximum Gasteiger partial charge on any atom is 0.280 e. The van der Waals surface area contributed by atoms with Crippen LogP contribution in [0.1, 0.15) is 5.56 Å². The highest BCUT2D eigenvalue weighted by atomic mass is 35.5. The number of halogens is 2. The van der Waals surface area contributed by atoms with Crippen LogP contribution in [0.2, 0.25) is 10.0 Å². The average Bonchev–Trinajstić information content (AvgIpc) is 3.02. The Morgan fingerprint density at radius 2 is 1.42 bits per heavy atom. The molecule has 2 aromatic carbocycles. The highest BCUT2D eigenvalue weighted by molar-refractivity contribution is 6.31. The number of aromatic nitrogens is 1. The fourth-order valence-electron chi connectivity index (χ4n) is 2.81. The maximum absolute atomic E-state index is 12.4. The molecule has 1 aliphatic heterocycles. The summed E-state index contributed by atoms with van der Waals surface area (Å²) >= 11 is 11.8. The Bertz CT molecular complexity index is 1080. The second-order valence-corrected chi connectivity index (χ2v) is 6.25. The summed E-state index contributed by atoms with van der Waals surface area (Å²) in [5, 5.41) is 12.4. The molecule has 0 saturated heterocycles. The van der Waals surface area contributed by atoms with Gasteiger partial charge in [-0.25, -0.2) is 4.99 Å². The van der Waals surface area contributed by atoms with Crippen molar-refractivity contribution in [3.05, 3.63) is 74.8 Å². The van der Waals surface area contributed by atoms with Gasteiger partial charge in [0.15, 0.2) is 5.88 Å². The van der Waals surface area contributed by atoms with Crippen molar-refractivity contribution in [2.75, 3.05) is 0 Å². The van der Waals surface area contributed by atoms with Gasteiger partial charge in [0.05, 0.1) is 16.5 Å². The second kappa shape index (κ2) is 5.51. The number of nitrogens with zero attached hydrogens (tertiary/aromatic N) is 1. The van der Waals surface area contributed by atoms with Crippen LogP contribution >= 0.6 is 23.2 Å². The first-order chi connectivity index (χ1) is 11.5. The molecule has 3 aromatic rings. The summed E-state index contributed by atoms with van der Waals surface area (Å²) in [7, 11) is 0. The number of benzene rings is 2. The standard InChI is InChI=1S/C18H10Cl2N2O2/c19-11-5-1-9(2-6-11)13-15-16(22-17(13)23)14(18(24)21-15)10-3-7-12(20)8-4-10/h1-8,21,24H. The molecule has 0 bridgehead atoms. The van der Waals surface area contributed by atoms with Gasteiger partial charge in [0, 0.05) is 10.0 Å². The third-order valence-corrected chi connectivity index (χ3v) is 4.40. The summed E-state index contributed by atoms with van der Waals surface area (Å²) in [6.45, 7) is 0. The van der Waals surface area contributed by atoms with Crippen LogP contribution in [0.3, 0.4) is 0 Å². The number of rotatable bonds is 2. The van der Waals surface area contributed by atoms with Crippen molar-refractivity contribution in [3.63, 3.8) is 0 Å². The van der Waals surface area contributed by atoms with Crippen molar-refractivity contribution in [3.8, 4) is 17.0 Å². The number of nitrogens with one attached hydrogen (secondary N) is 1. The lowest BCUT2D eigenvalue weighted by molar-refractivity contribution is -0.112. The number of aromatic amines is 1. The Morgan fingerprint density at radius 3 is 2.00 bits per heavy atom. The van der Waals surface area contributed by atoms with Crippen molar-refractivity contribution >= 4 is 34.7 Å². The predicted octanol–water partition coefficient (Wildman–Crippen LogP) is 3.05. The van der Waals surface area contributed by atoms with Gasteiger partial charge in [-0.2, -0.15) is 0 Å². The lowest BCUT2D eigenvalue weighted by atomic mass is 10.1. The lowest BCUT2D eigenvalue weighted by Crippen LogP contribution is -2.22. The molecule has 6 heteroatoms. The lowest BCUT2D eigenvalue weighted by Gasteiger charge is -2.00. The Labute approximate surface area is 146 Å². The molecule has 0 fully saturated rings. The second-order valence-electron chi connectivity index (χ2n) is 5.38. The fraction of sp³-hybridized carbons (Fsp3) is 0. The largest absolute Gasteiger partial charge is 0.494 e. The summed E-state index contributed by atoms with van der Waals surface area (Å²) < 4.78 is 0. The van der Waals surface area contributed by atoms with Crippen LogP contribution in [0.4, 0.5) is 0 Å². The van der Waals surface area contributed by atoms with E-state index in [1.54, 1.807) is 48.5 Å². The molecule has 2 heterocycles. The van der Waals surface area contributed by atoms with Crippen LogP contribution < -0.4 is 10.7 Å². The highest BCUT2D eigenvalue weighted by Crippen LogP contribution is 2.26. The zero-order chi connectivity index (χ0) is 16.8. The first kappa shape index (κ1) is 15.0. The molecule has 1 aromatic heterocycles. The van der Waals surface area contributed by atoms with Crippen molar-refractivity contribution < 1.29 is 9.90 Å². The maximum atomic E-state index is 12.4. The van der Waals surface area contributed by atoms with E-state index in [9.17, 15) is 9.90 Å². The zero-order valence-corrected chi connectivity index (χ0v) is 13.7. The minimum Gasteiger partial charge on any atom is -0.494 e. The van der Waals surface area contributed by atoms with Crippen molar-refractivity contribution in [1.82, 2.24) is 4.98 Å². The quantitative estimate of drug-likeness (QED) is 0.740. The van der Waals surface area contributed by atoms with Crippen LogP contribution in [0, 0.1) is 0 Å². The summed E-state index contributed by atoms with van der Waals surface area (Å²) in [6.07, 6.45) is 0. The third kappa shape index (κ3) is 2.31. The molecule has 0 unspecified atom stereocenters. The van der Waals surface area contributed by atoms with Crippen LogP contribution in [-0.2, 0) is 4.79 Å². The number of aromatic hydroxyl groups is 1. The summed E-state index contributed by atoms with van der Waals surface area (Å²) in [4.78, 5) is 19.4. The van der Waals surface area contributed by atoms with Gasteiger partial charge < -0.3 is 10.1 Å². The smallest absolute Gasteiger partial charge is 0.280 e. The number of amides is 1. The van der Waals surface area contributed by atoms with E-state index in [0.29, 0.717) is 37.5 Å². The molecular weight excluding hydrogens is 347 g/mol. The van der Waals surface area contributed by atoms with Crippen LogP contribution in [-0.4, -0.2) is 16.0 Å². The van der Waals surface area contributed by atoms with E-state index in [-0.39, 0.29) is 11.8 Å². The van der Waals surface area contributed by atoms with Gasteiger partial charge in [-0.05, 0) is 35.4 Å². The summed E-state index contributed by atoms with van der Waals surface area (Å²) in [5.74, 6) is -0.390. The van der Waals surface area contributed by atoms with Gasteiger partial charge in [0.2, 0.25) is 0 Å². The molecule has 4 nitrogen and oxygen atoms in total. The molecular formula is C18H10Cl2N2O2. The van der Waals surface area contributed by atoms with E-state index in [2.05, 4.69) is 9.98 Å². The number of fused-ring (bicyclic) bond motifs is 1. The molecule has 0 aliphatic carbocycles. The Hall–Kier alpha value is -2.56. The number of H-pyrrole nitrogens is 1. The molecule has 1 aliphatic rings. The monoisotopic (exact) mass is 356 g/mol. The molecule has 0 atom stereocenters. The summed E-state index contributed by atoms with van der Waals surface area (Å²) in [6, 6.07) is 13.9. The van der Waals surface area contributed by atoms with Crippen LogP contribution in [0.5, 0.6) is 5.88 Å². The van der Waals surface area contributed by atoms with E-state index >= 15 is 0 Å². The molecule has 1 amide bonds. The zero-order valence-electron chi connectivity index (χ0n) is 12.2. The van der Waals surface area contributed by atoms with E-state index < -0.39 is 0 Å². The highest BCUT2D eigenvalue weighted by Gasteiger charge is 2.24. The molecule has 0 radical (unpaired) electrons. The molecule has 4 rings (SSSR count). The fourth-order valence-corrected chi connectivity index (χ4v) is 3.06. The van der Waals surface area contributed by atoms with Gasteiger partial charge in [0.1, 0.15) is 5.36 Å². The van der Waals surface area contributed by atoms with E-state index in [1.165, 1.54) is 0 Å². The third-order valence-electron chi connectivity index (χ3n) is 3.90. The van der Waals surface area contributed by atoms with E-state index in [0.717, 1.165) is 5.56 Å². The van der Waals surface area contributed by atoms with Crippen molar-refractivity contribution in [2.24, 2.45) is 4.99 Å². The number of hydrogen-bond acceptors (Lipinski definition) is 2. The van der Waals surface area contributed by atoms with Crippen molar-refractivity contribution in [1.29, 1.82) is 0 Å². The van der Waals surface area contributed by atoms with E-state index in [4.69, 9.17) is 23.2 Å². The molecule has 118 valence electrons. The Balaban J connectivity index is 1.99. The topological polar surface area (TPSA) is 65.4 Å². The first-order valence-electron chi connectivity index (χ1n) is 7.15. The van der Waals surface area contributed by atoms with Crippen LogP contribution in [0.15, 0.2) is 53.5 Å². The van der Waals surface area contributed by atoms with E-state index in [1.807, 2.05) is 0 Å². The van der Waals surface area contributed by atoms with Gasteiger partial charge in [-0.1, -0.05) is 47.5 Å². The number of carbonyl (C=O) groups is 1. The minimum atomic E-state index is -0.353. The molecule has 0 spiro atoms. The van der Waals surface area contributed by atoms with Gasteiger partial charge >= 0.3 is 0 Å². The normalized spacial score (nSPS) is 13.1. The predicted molar refractivity (Wildman–Crippen MR) is 92.7 cm³/mol. The van der Waals surface area contributed by atoms with Gasteiger partial charge in [-0.3, -0.25) is 4.79 Å². The Morgan fingerprint density at radius 1 is 0.875 bits per heavy atom. The minimum absolute atomic E-state index is 0.0370. The van der Waals surface area contributed by atoms with Crippen LogP contribution in [0.25, 0.3) is 16.7 Å². The molecule has 24 heavy (non-hydrogen) atoms. The summed E-state index contributed by atoms with van der Waals surface area (Å²) in [5.41, 5.74) is 2.32. The molecule has 0 saturated carbocycles. The number of carbonyl (C=O) groups excluding carboxylic acids is 1. The first-order valence-corrected chi connectivity index (χ1v) is 7.90. The average molecular weight is 357 g/mol. The SMILES string of the molecule is O=C1N=c2c(-c3ccc(Cl)cc3)c(O)[nH]c2=C1c1ccc(Cl)cc1. The Kier molecular flexibility index (Phi) is 3.44.